The molecule has 7 heteroatoms. The van der Waals surface area contributed by atoms with E-state index in [9.17, 15) is 0 Å². The molecular weight excluding hydrogens is 352 g/mol. The summed E-state index contributed by atoms with van der Waals surface area (Å²) >= 11 is 0. The van der Waals surface area contributed by atoms with Gasteiger partial charge in [-0.15, -0.1) is 0 Å². The van der Waals surface area contributed by atoms with Crippen LogP contribution in [0.1, 0.15) is 36.5 Å². The maximum absolute atomic E-state index is 5.20. The third-order valence-corrected chi connectivity index (χ3v) is 5.89. The first-order valence-electron chi connectivity index (χ1n) is 10.3. The van der Waals surface area contributed by atoms with Crippen molar-refractivity contribution in [2.24, 2.45) is 10.9 Å². The summed E-state index contributed by atoms with van der Waals surface area (Å²) in [5, 5.41) is 7.23. The summed E-state index contributed by atoms with van der Waals surface area (Å²) in [6.45, 7) is 6.69. The minimum absolute atomic E-state index is 0.512. The Morgan fingerprint density at radius 1 is 1.25 bits per heavy atom. The number of likely N-dealkylation sites (tertiary alicyclic amines) is 2. The van der Waals surface area contributed by atoms with Gasteiger partial charge in [0.15, 0.2) is 11.8 Å². The quantitative estimate of drug-likeness (QED) is 0.647. The van der Waals surface area contributed by atoms with E-state index in [0.29, 0.717) is 30.2 Å². The summed E-state index contributed by atoms with van der Waals surface area (Å²) in [6.07, 6.45) is 3.75. The monoisotopic (exact) mass is 382 g/mol. The second kappa shape index (κ2) is 8.73. The summed E-state index contributed by atoms with van der Waals surface area (Å²) in [5.74, 6) is 2.87. The van der Waals surface area contributed by atoms with Crippen LogP contribution < -0.4 is 5.32 Å². The van der Waals surface area contributed by atoms with Gasteiger partial charge in [0.1, 0.15) is 0 Å². The van der Waals surface area contributed by atoms with Gasteiger partial charge in [0.05, 0.1) is 6.54 Å². The van der Waals surface area contributed by atoms with E-state index >= 15 is 0 Å². The topological polar surface area (TPSA) is 69.8 Å². The summed E-state index contributed by atoms with van der Waals surface area (Å²) in [6, 6.07) is 11.5. The molecule has 2 unspecified atom stereocenters. The molecule has 0 radical (unpaired) electrons. The Bertz CT molecular complexity index is 789. The fourth-order valence-corrected chi connectivity index (χ4v) is 4.61. The molecule has 0 bridgehead atoms. The van der Waals surface area contributed by atoms with E-state index in [1.807, 2.05) is 14.0 Å². The van der Waals surface area contributed by atoms with Crippen molar-refractivity contribution in [2.75, 3.05) is 26.7 Å². The first-order valence-corrected chi connectivity index (χ1v) is 10.3. The van der Waals surface area contributed by atoms with Crippen LogP contribution in [0.5, 0.6) is 0 Å². The molecule has 3 heterocycles. The number of hydrogen-bond acceptors (Lipinski definition) is 5. The maximum Gasteiger partial charge on any atom is 0.246 e. The van der Waals surface area contributed by atoms with Crippen LogP contribution in [0.4, 0.5) is 0 Å². The normalized spacial score (nSPS) is 23.5. The van der Waals surface area contributed by atoms with Crippen LogP contribution in [0, 0.1) is 12.8 Å². The predicted octanol–water partition coefficient (Wildman–Crippen LogP) is 2.44. The number of aryl methyl sites for hydroxylation is 1. The van der Waals surface area contributed by atoms with Gasteiger partial charge in [-0.3, -0.25) is 9.89 Å². The average Bonchev–Trinajstić information content (AvgIpc) is 3.14. The Hall–Kier alpha value is -2.41. The number of benzene rings is 1. The molecule has 2 saturated heterocycles. The molecule has 1 aromatic heterocycles. The second-order valence-electron chi connectivity index (χ2n) is 7.80. The highest BCUT2D eigenvalue weighted by molar-refractivity contribution is 5.79. The maximum atomic E-state index is 5.20. The van der Waals surface area contributed by atoms with Gasteiger partial charge in [0, 0.05) is 32.7 Å². The summed E-state index contributed by atoms with van der Waals surface area (Å²) in [5.41, 5.74) is 1.41. The van der Waals surface area contributed by atoms with E-state index in [1.165, 1.54) is 31.4 Å². The number of fused-ring (bicyclic) bond motifs is 1. The molecule has 150 valence electrons. The summed E-state index contributed by atoms with van der Waals surface area (Å²) in [7, 11) is 1.84. The van der Waals surface area contributed by atoms with Crippen LogP contribution in [0.15, 0.2) is 39.8 Å². The Balaban J connectivity index is 1.35. The highest BCUT2D eigenvalue weighted by Crippen LogP contribution is 2.31. The van der Waals surface area contributed by atoms with E-state index in [0.717, 1.165) is 25.6 Å². The minimum Gasteiger partial charge on any atom is -0.347 e. The lowest BCUT2D eigenvalue weighted by atomic mass is 9.83. The predicted molar refractivity (Wildman–Crippen MR) is 109 cm³/mol. The van der Waals surface area contributed by atoms with E-state index in [2.05, 4.69) is 60.6 Å². The fraction of sp³-hybridized carbons (Fsp3) is 0.571. The Labute approximate surface area is 166 Å². The van der Waals surface area contributed by atoms with Gasteiger partial charge in [0.2, 0.25) is 5.89 Å². The molecular formula is C21H30N6O. The largest absolute Gasteiger partial charge is 0.347 e. The Kier molecular flexibility index (Phi) is 5.90. The lowest BCUT2D eigenvalue weighted by molar-refractivity contribution is 0.0372. The van der Waals surface area contributed by atoms with Gasteiger partial charge in [-0.2, -0.15) is 4.98 Å². The summed E-state index contributed by atoms with van der Waals surface area (Å²) < 4.78 is 5.20. The first-order chi connectivity index (χ1) is 13.7. The van der Waals surface area contributed by atoms with Gasteiger partial charge < -0.3 is 14.7 Å². The molecule has 0 aliphatic carbocycles. The average molecular weight is 383 g/mol. The molecule has 1 aromatic carbocycles. The zero-order chi connectivity index (χ0) is 19.3. The number of hydrogen-bond donors (Lipinski definition) is 1. The molecule has 2 atom stereocenters. The van der Waals surface area contributed by atoms with Crippen LogP contribution >= 0.6 is 0 Å². The first kappa shape index (κ1) is 18.9. The van der Waals surface area contributed by atoms with E-state index in [-0.39, 0.29) is 0 Å². The van der Waals surface area contributed by atoms with Crippen LogP contribution in [0.3, 0.4) is 0 Å². The molecule has 4 rings (SSSR count). The molecule has 2 aliphatic rings. The number of rotatable bonds is 4. The van der Waals surface area contributed by atoms with Crippen molar-refractivity contribution in [2.45, 2.75) is 45.3 Å². The lowest BCUT2D eigenvalue weighted by Crippen LogP contribution is -2.56. The number of aromatic nitrogens is 2. The molecule has 2 aliphatic heterocycles. The number of aliphatic imine (C=N–C) groups is 1. The van der Waals surface area contributed by atoms with Gasteiger partial charge in [-0.05, 0) is 44.2 Å². The van der Waals surface area contributed by atoms with Crippen molar-refractivity contribution in [1.29, 1.82) is 0 Å². The molecule has 2 aromatic rings. The van der Waals surface area contributed by atoms with Gasteiger partial charge in [-0.25, -0.2) is 0 Å². The van der Waals surface area contributed by atoms with Crippen molar-refractivity contribution in [3.05, 3.63) is 47.6 Å². The Morgan fingerprint density at radius 2 is 2.11 bits per heavy atom. The number of piperidine rings is 2. The van der Waals surface area contributed by atoms with Crippen molar-refractivity contribution in [1.82, 2.24) is 25.3 Å². The molecule has 28 heavy (non-hydrogen) atoms. The molecule has 0 saturated carbocycles. The second-order valence-corrected chi connectivity index (χ2v) is 7.80. The lowest BCUT2D eigenvalue weighted by Gasteiger charge is -2.48. The minimum atomic E-state index is 0.512. The van der Waals surface area contributed by atoms with E-state index < -0.39 is 0 Å². The van der Waals surface area contributed by atoms with E-state index in [4.69, 9.17) is 4.52 Å². The number of nitrogens with one attached hydrogen (secondary N) is 1. The molecule has 1 N–H and O–H groups in total. The highest BCUT2D eigenvalue weighted by Gasteiger charge is 2.36. The molecule has 0 amide bonds. The van der Waals surface area contributed by atoms with Gasteiger partial charge in [0.25, 0.3) is 0 Å². The number of nitrogens with zero attached hydrogens (tertiary/aromatic N) is 5. The smallest absolute Gasteiger partial charge is 0.246 e. The van der Waals surface area contributed by atoms with Crippen LogP contribution in [-0.2, 0) is 13.1 Å². The zero-order valence-corrected chi connectivity index (χ0v) is 16.8. The number of guanidine groups is 1. The van der Waals surface area contributed by atoms with Crippen molar-refractivity contribution < 1.29 is 4.52 Å². The third kappa shape index (κ3) is 4.35. The van der Waals surface area contributed by atoms with Crippen molar-refractivity contribution in [3.8, 4) is 0 Å². The van der Waals surface area contributed by atoms with Crippen molar-refractivity contribution in [3.63, 3.8) is 0 Å². The van der Waals surface area contributed by atoms with Gasteiger partial charge in [-0.1, -0.05) is 35.5 Å². The van der Waals surface area contributed by atoms with Crippen LogP contribution in [0.2, 0.25) is 0 Å². The molecule has 2 fully saturated rings. The van der Waals surface area contributed by atoms with Crippen LogP contribution in [-0.4, -0.2) is 58.6 Å². The fourth-order valence-electron chi connectivity index (χ4n) is 4.61. The zero-order valence-electron chi connectivity index (χ0n) is 16.8. The summed E-state index contributed by atoms with van der Waals surface area (Å²) in [4.78, 5) is 13.8. The highest BCUT2D eigenvalue weighted by atomic mass is 16.5. The van der Waals surface area contributed by atoms with Crippen molar-refractivity contribution >= 4 is 5.96 Å². The van der Waals surface area contributed by atoms with Crippen LogP contribution in [0.25, 0.3) is 0 Å². The van der Waals surface area contributed by atoms with Gasteiger partial charge >= 0.3 is 0 Å². The SMILES string of the molecule is CN=C(NCc1nc(C)no1)N1CCC2C(CCCN2Cc2ccccc2)C1. The molecule has 0 spiro atoms. The third-order valence-electron chi connectivity index (χ3n) is 5.89. The standard InChI is InChI=1S/C21H30N6O/c1-16-24-20(28-25-16)13-23-21(22-2)27-12-10-19-18(15-27)9-6-11-26(19)14-17-7-4-3-5-8-17/h3-5,7-8,18-19H,6,9-15H2,1-2H3,(H,22,23). The molecule has 7 nitrogen and oxygen atoms in total. The Morgan fingerprint density at radius 3 is 2.86 bits per heavy atom. The van der Waals surface area contributed by atoms with E-state index in [1.54, 1.807) is 0 Å².